The number of halogens is 1. The Bertz CT molecular complexity index is 680. The summed E-state index contributed by atoms with van der Waals surface area (Å²) >= 11 is 6.22. The van der Waals surface area contributed by atoms with Crippen LogP contribution in [0.1, 0.15) is 34.2 Å². The summed E-state index contributed by atoms with van der Waals surface area (Å²) < 4.78 is 7.53. The zero-order chi connectivity index (χ0) is 15.6. The van der Waals surface area contributed by atoms with Crippen LogP contribution in [-0.2, 0) is 13.2 Å². The van der Waals surface area contributed by atoms with Gasteiger partial charge in [-0.1, -0.05) is 17.7 Å². The standard InChI is InChI=1S/C15H17ClN2O3/c1-4-18-12(14(16)10(3)17-18)8-21-13-7-11(15(19)20)6-5-9(13)2/h5-7H,4,8H2,1-3H3,(H,19,20). The number of aromatic nitrogens is 2. The van der Waals surface area contributed by atoms with E-state index < -0.39 is 5.97 Å². The molecule has 1 N–H and O–H groups in total. The molecule has 1 heterocycles. The number of carboxylic acids is 1. The van der Waals surface area contributed by atoms with Gasteiger partial charge in [-0.2, -0.15) is 5.10 Å². The summed E-state index contributed by atoms with van der Waals surface area (Å²) in [4.78, 5) is 11.0. The van der Waals surface area contributed by atoms with Crippen LogP contribution in [0.2, 0.25) is 5.02 Å². The van der Waals surface area contributed by atoms with Crippen LogP contribution in [0.3, 0.4) is 0 Å². The Morgan fingerprint density at radius 2 is 2.14 bits per heavy atom. The van der Waals surface area contributed by atoms with E-state index in [0.717, 1.165) is 17.0 Å². The van der Waals surface area contributed by atoms with Crippen LogP contribution < -0.4 is 4.74 Å². The first-order valence-electron chi connectivity index (χ1n) is 6.62. The van der Waals surface area contributed by atoms with E-state index >= 15 is 0 Å². The van der Waals surface area contributed by atoms with Crippen molar-refractivity contribution in [2.45, 2.75) is 33.9 Å². The molecule has 0 amide bonds. The molecule has 1 aromatic heterocycles. The molecule has 21 heavy (non-hydrogen) atoms. The number of hydrogen-bond donors (Lipinski definition) is 1. The summed E-state index contributed by atoms with van der Waals surface area (Å²) in [6.45, 7) is 6.62. The smallest absolute Gasteiger partial charge is 0.335 e. The number of rotatable bonds is 5. The maximum atomic E-state index is 11.0. The van der Waals surface area contributed by atoms with E-state index in [0.29, 0.717) is 17.3 Å². The number of aromatic carboxylic acids is 1. The molecule has 1 aromatic carbocycles. The van der Waals surface area contributed by atoms with Gasteiger partial charge in [-0.25, -0.2) is 4.79 Å². The first-order chi connectivity index (χ1) is 9.93. The maximum Gasteiger partial charge on any atom is 0.335 e. The molecule has 0 atom stereocenters. The monoisotopic (exact) mass is 308 g/mol. The summed E-state index contributed by atoms with van der Waals surface area (Å²) in [5, 5.41) is 13.9. The number of ether oxygens (including phenoxy) is 1. The van der Waals surface area contributed by atoms with E-state index in [1.165, 1.54) is 6.07 Å². The van der Waals surface area contributed by atoms with E-state index in [2.05, 4.69) is 5.10 Å². The lowest BCUT2D eigenvalue weighted by Gasteiger charge is -2.11. The number of carbonyl (C=O) groups is 1. The Labute approximate surface area is 128 Å². The molecule has 0 fully saturated rings. The highest BCUT2D eigenvalue weighted by Crippen LogP contribution is 2.24. The first-order valence-corrected chi connectivity index (χ1v) is 7.00. The second-order valence-corrected chi connectivity index (χ2v) is 5.11. The van der Waals surface area contributed by atoms with Crippen molar-refractivity contribution in [3.63, 3.8) is 0 Å². The molecule has 0 aliphatic rings. The summed E-state index contributed by atoms with van der Waals surface area (Å²) in [7, 11) is 0. The molecule has 0 radical (unpaired) electrons. The predicted molar refractivity (Wildman–Crippen MR) is 80.1 cm³/mol. The number of aryl methyl sites for hydroxylation is 3. The average Bonchev–Trinajstić information content (AvgIpc) is 2.73. The van der Waals surface area contributed by atoms with Crippen molar-refractivity contribution in [1.82, 2.24) is 9.78 Å². The molecule has 0 saturated carbocycles. The second kappa shape index (κ2) is 6.18. The van der Waals surface area contributed by atoms with Crippen molar-refractivity contribution in [2.24, 2.45) is 0 Å². The molecule has 2 aromatic rings. The molecule has 0 bridgehead atoms. The third-order valence-electron chi connectivity index (χ3n) is 3.25. The van der Waals surface area contributed by atoms with Crippen molar-refractivity contribution in [3.8, 4) is 5.75 Å². The van der Waals surface area contributed by atoms with Crippen molar-refractivity contribution in [3.05, 3.63) is 45.7 Å². The summed E-state index contributed by atoms with van der Waals surface area (Å²) in [6, 6.07) is 4.80. The molecule has 0 aliphatic heterocycles. The highest BCUT2D eigenvalue weighted by atomic mass is 35.5. The van der Waals surface area contributed by atoms with E-state index in [4.69, 9.17) is 21.4 Å². The zero-order valence-corrected chi connectivity index (χ0v) is 12.9. The Hall–Kier alpha value is -2.01. The van der Waals surface area contributed by atoms with Crippen LogP contribution in [0.15, 0.2) is 18.2 Å². The van der Waals surface area contributed by atoms with Gasteiger partial charge in [-0.3, -0.25) is 4.68 Å². The lowest BCUT2D eigenvalue weighted by molar-refractivity contribution is 0.0696. The maximum absolute atomic E-state index is 11.0. The van der Waals surface area contributed by atoms with Crippen LogP contribution in [0.5, 0.6) is 5.75 Å². The predicted octanol–water partition coefficient (Wildman–Crippen LogP) is 3.45. The molecule has 5 nitrogen and oxygen atoms in total. The van der Waals surface area contributed by atoms with Crippen LogP contribution in [0.4, 0.5) is 0 Å². The van der Waals surface area contributed by atoms with Gasteiger partial charge in [0.25, 0.3) is 0 Å². The minimum Gasteiger partial charge on any atom is -0.487 e. The molecular weight excluding hydrogens is 292 g/mol. The Kier molecular flexibility index (Phi) is 4.53. The zero-order valence-electron chi connectivity index (χ0n) is 12.2. The van der Waals surface area contributed by atoms with Crippen LogP contribution >= 0.6 is 11.6 Å². The van der Waals surface area contributed by atoms with Gasteiger partial charge in [0.1, 0.15) is 12.4 Å². The van der Waals surface area contributed by atoms with E-state index in [1.807, 2.05) is 20.8 Å². The number of hydrogen-bond acceptors (Lipinski definition) is 3. The fraction of sp³-hybridized carbons (Fsp3) is 0.333. The average molecular weight is 309 g/mol. The lowest BCUT2D eigenvalue weighted by atomic mass is 10.1. The normalized spacial score (nSPS) is 10.7. The summed E-state index contributed by atoms with van der Waals surface area (Å²) in [6.07, 6.45) is 0. The minimum absolute atomic E-state index is 0.196. The van der Waals surface area contributed by atoms with Gasteiger partial charge in [0.05, 0.1) is 22.0 Å². The van der Waals surface area contributed by atoms with Crippen molar-refractivity contribution in [1.29, 1.82) is 0 Å². The van der Waals surface area contributed by atoms with Crippen LogP contribution in [0.25, 0.3) is 0 Å². The minimum atomic E-state index is -0.979. The second-order valence-electron chi connectivity index (χ2n) is 4.74. The fourth-order valence-corrected chi connectivity index (χ4v) is 2.23. The number of carboxylic acid groups (broad SMARTS) is 1. The molecule has 6 heteroatoms. The third-order valence-corrected chi connectivity index (χ3v) is 3.74. The van der Waals surface area contributed by atoms with Gasteiger partial charge >= 0.3 is 5.97 Å². The summed E-state index contributed by atoms with van der Waals surface area (Å²) in [5.74, 6) is -0.445. The van der Waals surface area contributed by atoms with Gasteiger partial charge in [0.2, 0.25) is 0 Å². The third kappa shape index (κ3) is 3.19. The topological polar surface area (TPSA) is 64.4 Å². The summed E-state index contributed by atoms with van der Waals surface area (Å²) in [5.41, 5.74) is 2.61. The van der Waals surface area contributed by atoms with E-state index in [9.17, 15) is 4.79 Å². The highest BCUT2D eigenvalue weighted by molar-refractivity contribution is 6.31. The van der Waals surface area contributed by atoms with Crippen molar-refractivity contribution < 1.29 is 14.6 Å². The van der Waals surface area contributed by atoms with Crippen molar-refractivity contribution in [2.75, 3.05) is 0 Å². The first kappa shape index (κ1) is 15.4. The van der Waals surface area contributed by atoms with Gasteiger partial charge in [0.15, 0.2) is 0 Å². The molecule has 0 saturated heterocycles. The molecule has 2 rings (SSSR count). The van der Waals surface area contributed by atoms with E-state index in [-0.39, 0.29) is 12.2 Å². The Morgan fingerprint density at radius 1 is 1.43 bits per heavy atom. The van der Waals surface area contributed by atoms with Crippen molar-refractivity contribution >= 4 is 17.6 Å². The van der Waals surface area contributed by atoms with Gasteiger partial charge in [0, 0.05) is 6.54 Å². The lowest BCUT2D eigenvalue weighted by Crippen LogP contribution is -2.07. The van der Waals surface area contributed by atoms with Crippen LogP contribution in [0, 0.1) is 13.8 Å². The largest absolute Gasteiger partial charge is 0.487 e. The molecule has 0 aliphatic carbocycles. The van der Waals surface area contributed by atoms with Gasteiger partial charge in [-0.15, -0.1) is 0 Å². The highest BCUT2D eigenvalue weighted by Gasteiger charge is 2.14. The molecule has 0 unspecified atom stereocenters. The molecule has 0 spiro atoms. The van der Waals surface area contributed by atoms with E-state index in [1.54, 1.807) is 16.8 Å². The molecular formula is C15H17ClN2O3. The number of benzene rings is 1. The Balaban J connectivity index is 2.24. The number of nitrogens with zero attached hydrogens (tertiary/aromatic N) is 2. The fourth-order valence-electron chi connectivity index (χ4n) is 2.04. The molecule has 112 valence electrons. The SMILES string of the molecule is CCn1nc(C)c(Cl)c1COc1cc(C(=O)O)ccc1C. The quantitative estimate of drug-likeness (QED) is 0.919. The van der Waals surface area contributed by atoms with Gasteiger partial charge < -0.3 is 9.84 Å². The Morgan fingerprint density at radius 3 is 2.76 bits per heavy atom. The van der Waals surface area contributed by atoms with Gasteiger partial charge in [-0.05, 0) is 38.5 Å². The van der Waals surface area contributed by atoms with Crippen LogP contribution in [-0.4, -0.2) is 20.9 Å².